The molecule has 14 heavy (non-hydrogen) atoms. The van der Waals surface area contributed by atoms with E-state index in [0.29, 0.717) is 0 Å². The third-order valence-electron chi connectivity index (χ3n) is 2.41. The van der Waals surface area contributed by atoms with Crippen molar-refractivity contribution in [1.82, 2.24) is 5.32 Å². The first-order valence-electron chi connectivity index (χ1n) is 5.63. The maximum Gasteiger partial charge on any atom is 0.105 e. The third kappa shape index (κ3) is 7.30. The lowest BCUT2D eigenvalue weighted by atomic mass is 10.1. The molecule has 0 spiro atoms. The van der Waals surface area contributed by atoms with Crippen LogP contribution in [0.15, 0.2) is 0 Å². The molecule has 0 aromatic carbocycles. The maximum absolute atomic E-state index is 5.82. The molecular formula is C11H26N2O. The zero-order valence-corrected chi connectivity index (χ0v) is 10.1. The minimum Gasteiger partial charge on any atom is -0.358 e. The van der Waals surface area contributed by atoms with Gasteiger partial charge in [0, 0.05) is 0 Å². The van der Waals surface area contributed by atoms with Crippen molar-refractivity contribution in [2.45, 2.75) is 58.8 Å². The molecule has 1 unspecified atom stereocenters. The fraction of sp³-hybridized carbons (Fsp3) is 1.00. The van der Waals surface area contributed by atoms with Gasteiger partial charge in [0.1, 0.15) is 6.23 Å². The molecule has 0 fully saturated rings. The summed E-state index contributed by atoms with van der Waals surface area (Å²) in [5.41, 5.74) is 5.38. The molecule has 0 saturated heterocycles. The minimum absolute atomic E-state index is 0.0275. The normalized spacial score (nSPS) is 14.4. The van der Waals surface area contributed by atoms with Crippen LogP contribution >= 0.6 is 0 Å². The van der Waals surface area contributed by atoms with E-state index in [0.717, 1.165) is 32.4 Å². The van der Waals surface area contributed by atoms with E-state index < -0.39 is 0 Å². The van der Waals surface area contributed by atoms with Gasteiger partial charge in [-0.15, -0.1) is 0 Å². The van der Waals surface area contributed by atoms with E-state index in [1.807, 2.05) is 0 Å². The average molecular weight is 202 g/mol. The average Bonchev–Trinajstić information content (AvgIpc) is 2.12. The first kappa shape index (κ1) is 13.9. The molecule has 3 nitrogen and oxygen atoms in total. The Hall–Kier alpha value is -0.120. The summed E-state index contributed by atoms with van der Waals surface area (Å²) >= 11 is 0. The summed E-state index contributed by atoms with van der Waals surface area (Å²) in [7, 11) is 0. The van der Waals surface area contributed by atoms with Crippen molar-refractivity contribution < 1.29 is 4.74 Å². The summed E-state index contributed by atoms with van der Waals surface area (Å²) in [6.45, 7) is 10.2. The van der Waals surface area contributed by atoms with Gasteiger partial charge in [0.25, 0.3) is 0 Å². The molecule has 0 aromatic heterocycles. The second-order valence-electron chi connectivity index (χ2n) is 4.32. The number of hydrogen-bond acceptors (Lipinski definition) is 3. The van der Waals surface area contributed by atoms with E-state index >= 15 is 0 Å². The van der Waals surface area contributed by atoms with E-state index in [1.165, 1.54) is 0 Å². The van der Waals surface area contributed by atoms with Crippen molar-refractivity contribution >= 4 is 0 Å². The van der Waals surface area contributed by atoms with Gasteiger partial charge < -0.3 is 10.5 Å². The standard InChI is InChI=1S/C11H26N2O/c1-5-11(3,4)14-10(2)13-9-7-6-8-12/h10,13H,5-9,12H2,1-4H3. The summed E-state index contributed by atoms with van der Waals surface area (Å²) in [5.74, 6) is 0. The molecule has 0 aromatic rings. The molecule has 0 rings (SSSR count). The van der Waals surface area contributed by atoms with Crippen molar-refractivity contribution in [2.24, 2.45) is 5.73 Å². The van der Waals surface area contributed by atoms with Gasteiger partial charge in [-0.2, -0.15) is 0 Å². The number of nitrogens with one attached hydrogen (secondary N) is 1. The molecule has 3 heteroatoms. The zero-order valence-electron chi connectivity index (χ0n) is 10.1. The highest BCUT2D eigenvalue weighted by Gasteiger charge is 2.18. The molecule has 0 saturated carbocycles. The Bertz CT molecular complexity index is 137. The largest absolute Gasteiger partial charge is 0.358 e. The van der Waals surface area contributed by atoms with Crippen LogP contribution in [-0.4, -0.2) is 24.9 Å². The lowest BCUT2D eigenvalue weighted by molar-refractivity contribution is -0.0787. The Morgan fingerprint density at radius 3 is 2.50 bits per heavy atom. The molecule has 3 N–H and O–H groups in total. The van der Waals surface area contributed by atoms with E-state index in [2.05, 4.69) is 33.0 Å². The van der Waals surface area contributed by atoms with Gasteiger partial charge in [0.05, 0.1) is 5.60 Å². The molecular weight excluding hydrogens is 176 g/mol. The number of hydrogen-bond donors (Lipinski definition) is 2. The number of nitrogens with two attached hydrogens (primary N) is 1. The first-order chi connectivity index (χ1) is 6.52. The number of ether oxygens (including phenoxy) is 1. The van der Waals surface area contributed by atoms with Gasteiger partial charge in [0.15, 0.2) is 0 Å². The minimum atomic E-state index is -0.0275. The van der Waals surface area contributed by atoms with Gasteiger partial charge in [-0.05, 0) is 53.1 Å². The van der Waals surface area contributed by atoms with Crippen molar-refractivity contribution in [3.05, 3.63) is 0 Å². The lowest BCUT2D eigenvalue weighted by Gasteiger charge is -2.28. The predicted octanol–water partition coefficient (Wildman–Crippen LogP) is 1.87. The van der Waals surface area contributed by atoms with Gasteiger partial charge in [-0.25, -0.2) is 0 Å². The summed E-state index contributed by atoms with van der Waals surface area (Å²) < 4.78 is 5.82. The molecule has 0 aliphatic heterocycles. The SMILES string of the molecule is CCC(C)(C)OC(C)NCCCCN. The monoisotopic (exact) mass is 202 g/mol. The summed E-state index contributed by atoms with van der Waals surface area (Å²) in [5, 5.41) is 3.33. The summed E-state index contributed by atoms with van der Waals surface area (Å²) in [6, 6.07) is 0. The van der Waals surface area contributed by atoms with E-state index in [-0.39, 0.29) is 11.8 Å². The van der Waals surface area contributed by atoms with Crippen LogP contribution in [-0.2, 0) is 4.74 Å². The topological polar surface area (TPSA) is 47.3 Å². The molecule has 0 aliphatic carbocycles. The van der Waals surface area contributed by atoms with Crippen molar-refractivity contribution in [3.63, 3.8) is 0 Å². The summed E-state index contributed by atoms with van der Waals surface area (Å²) in [4.78, 5) is 0. The highest BCUT2D eigenvalue weighted by atomic mass is 16.5. The van der Waals surface area contributed by atoms with Gasteiger partial charge in [-0.1, -0.05) is 6.92 Å². The fourth-order valence-electron chi connectivity index (χ4n) is 1.18. The van der Waals surface area contributed by atoms with Crippen molar-refractivity contribution in [1.29, 1.82) is 0 Å². The van der Waals surface area contributed by atoms with E-state index in [9.17, 15) is 0 Å². The molecule has 0 heterocycles. The van der Waals surface area contributed by atoms with Crippen LogP contribution in [0.1, 0.15) is 47.0 Å². The number of unbranched alkanes of at least 4 members (excludes halogenated alkanes) is 1. The van der Waals surface area contributed by atoms with E-state index in [4.69, 9.17) is 10.5 Å². The molecule has 86 valence electrons. The molecule has 1 atom stereocenters. The van der Waals surface area contributed by atoms with Gasteiger partial charge in [-0.3, -0.25) is 5.32 Å². The quantitative estimate of drug-likeness (QED) is 0.466. The van der Waals surface area contributed by atoms with Crippen LogP contribution < -0.4 is 11.1 Å². The molecule has 0 bridgehead atoms. The third-order valence-corrected chi connectivity index (χ3v) is 2.41. The fourth-order valence-corrected chi connectivity index (χ4v) is 1.18. The van der Waals surface area contributed by atoms with Crippen LogP contribution in [0, 0.1) is 0 Å². The Balaban J connectivity index is 3.49. The first-order valence-corrected chi connectivity index (χ1v) is 5.63. The highest BCUT2D eigenvalue weighted by Crippen LogP contribution is 2.14. The van der Waals surface area contributed by atoms with Crippen LogP contribution in [0.2, 0.25) is 0 Å². The number of rotatable bonds is 8. The Labute approximate surface area is 88.4 Å². The second-order valence-corrected chi connectivity index (χ2v) is 4.32. The molecule has 0 radical (unpaired) electrons. The Morgan fingerprint density at radius 2 is 2.00 bits per heavy atom. The Kier molecular flexibility index (Phi) is 7.15. The van der Waals surface area contributed by atoms with Crippen LogP contribution in [0.25, 0.3) is 0 Å². The van der Waals surface area contributed by atoms with Gasteiger partial charge in [0.2, 0.25) is 0 Å². The van der Waals surface area contributed by atoms with Crippen LogP contribution in [0.4, 0.5) is 0 Å². The van der Waals surface area contributed by atoms with Crippen molar-refractivity contribution in [2.75, 3.05) is 13.1 Å². The predicted molar refractivity (Wildman–Crippen MR) is 61.2 cm³/mol. The molecule has 0 amide bonds. The summed E-state index contributed by atoms with van der Waals surface area (Å²) in [6.07, 6.45) is 3.36. The second kappa shape index (κ2) is 7.21. The van der Waals surface area contributed by atoms with E-state index in [1.54, 1.807) is 0 Å². The van der Waals surface area contributed by atoms with Gasteiger partial charge >= 0.3 is 0 Å². The van der Waals surface area contributed by atoms with Crippen LogP contribution in [0.5, 0.6) is 0 Å². The maximum atomic E-state index is 5.82. The smallest absolute Gasteiger partial charge is 0.105 e. The van der Waals surface area contributed by atoms with Crippen LogP contribution in [0.3, 0.4) is 0 Å². The Morgan fingerprint density at radius 1 is 1.36 bits per heavy atom. The lowest BCUT2D eigenvalue weighted by Crippen LogP contribution is -2.37. The molecule has 0 aliphatic rings. The van der Waals surface area contributed by atoms with Crippen molar-refractivity contribution in [3.8, 4) is 0 Å². The zero-order chi connectivity index (χ0) is 11.0. The highest BCUT2D eigenvalue weighted by molar-refractivity contribution is 4.67.